The normalized spacial score (nSPS) is 13.5. The van der Waals surface area contributed by atoms with Crippen LogP contribution in [0.1, 0.15) is 10.9 Å². The zero-order valence-electron chi connectivity index (χ0n) is 7.34. The van der Waals surface area contributed by atoms with Gasteiger partial charge < -0.3 is 11.1 Å². The Kier molecular flexibility index (Phi) is 4.74. The number of alkyl halides is 2. The van der Waals surface area contributed by atoms with E-state index >= 15 is 0 Å². The molecule has 0 saturated carbocycles. The fourth-order valence-electron chi connectivity index (χ4n) is 1.04. The summed E-state index contributed by atoms with van der Waals surface area (Å²) in [4.78, 5) is 0.887. The molecular weight excluding hydrogens is 230 g/mol. The van der Waals surface area contributed by atoms with Crippen LogP contribution in [-0.4, -0.2) is 19.5 Å². The Morgan fingerprint density at radius 3 is 2.71 bits per heavy atom. The fourth-order valence-corrected chi connectivity index (χ4v) is 2.21. The smallest absolute Gasteiger partial charge is 0.250 e. The summed E-state index contributed by atoms with van der Waals surface area (Å²) in [6.45, 7) is -0.0685. The molecule has 0 spiro atoms. The van der Waals surface area contributed by atoms with Gasteiger partial charge in [0.05, 0.1) is 17.6 Å². The van der Waals surface area contributed by atoms with Gasteiger partial charge in [0.1, 0.15) is 0 Å². The largest absolute Gasteiger partial charge is 0.329 e. The Labute approximate surface area is 90.1 Å². The fraction of sp³-hybridized carbons (Fsp3) is 0.500. The summed E-state index contributed by atoms with van der Waals surface area (Å²) in [7, 11) is 0. The van der Waals surface area contributed by atoms with E-state index in [1.54, 1.807) is 11.4 Å². The van der Waals surface area contributed by atoms with E-state index in [2.05, 4.69) is 5.32 Å². The lowest BCUT2D eigenvalue weighted by molar-refractivity contribution is 0.142. The Balaban J connectivity index is 2.54. The van der Waals surface area contributed by atoms with Gasteiger partial charge in [-0.3, -0.25) is 0 Å². The molecule has 0 aliphatic rings. The Morgan fingerprint density at radius 2 is 2.29 bits per heavy atom. The molecule has 1 unspecified atom stereocenters. The molecule has 6 heteroatoms. The van der Waals surface area contributed by atoms with Crippen LogP contribution in [0.15, 0.2) is 11.4 Å². The van der Waals surface area contributed by atoms with Gasteiger partial charge in [-0.25, -0.2) is 8.78 Å². The molecule has 0 radical (unpaired) electrons. The maximum Gasteiger partial charge on any atom is 0.250 e. The molecule has 0 amide bonds. The molecule has 3 N–H and O–H groups in total. The quantitative estimate of drug-likeness (QED) is 0.829. The van der Waals surface area contributed by atoms with Crippen molar-refractivity contribution in [3.63, 3.8) is 0 Å². The van der Waals surface area contributed by atoms with Crippen LogP contribution in [0.25, 0.3) is 0 Å². The summed E-state index contributed by atoms with van der Waals surface area (Å²) >= 11 is 7.13. The zero-order chi connectivity index (χ0) is 10.6. The van der Waals surface area contributed by atoms with Crippen LogP contribution >= 0.6 is 22.9 Å². The van der Waals surface area contributed by atoms with Gasteiger partial charge in [-0.15, -0.1) is 11.3 Å². The van der Waals surface area contributed by atoms with E-state index in [4.69, 9.17) is 17.3 Å². The van der Waals surface area contributed by atoms with Gasteiger partial charge in [0.25, 0.3) is 6.43 Å². The van der Waals surface area contributed by atoms with Gasteiger partial charge >= 0.3 is 0 Å². The molecule has 14 heavy (non-hydrogen) atoms. The first-order chi connectivity index (χ1) is 6.63. The molecule has 1 heterocycles. The van der Waals surface area contributed by atoms with Crippen molar-refractivity contribution < 1.29 is 8.78 Å². The average molecular weight is 241 g/mol. The van der Waals surface area contributed by atoms with E-state index in [9.17, 15) is 8.78 Å². The van der Waals surface area contributed by atoms with Crippen molar-refractivity contribution in [3.8, 4) is 0 Å². The molecule has 80 valence electrons. The van der Waals surface area contributed by atoms with Crippen molar-refractivity contribution in [2.75, 3.05) is 13.1 Å². The molecule has 0 bridgehead atoms. The van der Waals surface area contributed by atoms with E-state index in [1.807, 2.05) is 0 Å². The summed E-state index contributed by atoms with van der Waals surface area (Å²) in [6, 6.07) is 1.50. The molecule has 0 aromatic carbocycles. The Hall–Kier alpha value is -0.230. The number of nitrogens with two attached hydrogens (primary N) is 1. The van der Waals surface area contributed by atoms with Crippen LogP contribution in [0.4, 0.5) is 8.78 Å². The third-order valence-electron chi connectivity index (χ3n) is 1.69. The Bertz CT molecular complexity index is 280. The molecule has 0 aliphatic carbocycles. The lowest BCUT2D eigenvalue weighted by Crippen LogP contribution is -2.31. The highest BCUT2D eigenvalue weighted by molar-refractivity contribution is 7.10. The zero-order valence-corrected chi connectivity index (χ0v) is 8.92. The first-order valence-corrected chi connectivity index (χ1v) is 5.34. The predicted octanol–water partition coefficient (Wildman–Crippen LogP) is 2.26. The molecule has 1 aromatic rings. The van der Waals surface area contributed by atoms with Crippen molar-refractivity contribution in [1.29, 1.82) is 0 Å². The third kappa shape index (κ3) is 3.49. The predicted molar refractivity (Wildman–Crippen MR) is 55.1 cm³/mol. The van der Waals surface area contributed by atoms with Gasteiger partial charge in [0, 0.05) is 16.8 Å². The molecule has 1 rings (SSSR count). The number of thiophene rings is 1. The molecular formula is C8H11ClF2N2S. The lowest BCUT2D eigenvalue weighted by Gasteiger charge is -2.14. The summed E-state index contributed by atoms with van der Waals surface area (Å²) in [5, 5.41) is 5.04. The van der Waals surface area contributed by atoms with Gasteiger partial charge in [0.2, 0.25) is 0 Å². The number of nitrogens with one attached hydrogen (secondary N) is 1. The summed E-state index contributed by atoms with van der Waals surface area (Å²) in [5.41, 5.74) is 5.46. The van der Waals surface area contributed by atoms with Crippen LogP contribution in [0.2, 0.25) is 5.02 Å². The molecule has 2 nitrogen and oxygen atoms in total. The minimum Gasteiger partial charge on any atom is -0.329 e. The topological polar surface area (TPSA) is 38.0 Å². The van der Waals surface area contributed by atoms with Gasteiger partial charge in [-0.2, -0.15) is 0 Å². The monoisotopic (exact) mass is 240 g/mol. The highest BCUT2D eigenvalue weighted by Gasteiger charge is 2.13. The Morgan fingerprint density at radius 1 is 1.57 bits per heavy atom. The molecule has 0 saturated heterocycles. The average Bonchev–Trinajstić information content (AvgIpc) is 2.53. The van der Waals surface area contributed by atoms with Gasteiger partial charge in [0.15, 0.2) is 0 Å². The van der Waals surface area contributed by atoms with E-state index in [-0.39, 0.29) is 19.1 Å². The second-order valence-corrected chi connectivity index (χ2v) is 4.13. The minimum atomic E-state index is -2.36. The first-order valence-electron chi connectivity index (χ1n) is 4.09. The van der Waals surface area contributed by atoms with Crippen LogP contribution in [0.3, 0.4) is 0 Å². The van der Waals surface area contributed by atoms with Crippen molar-refractivity contribution in [1.82, 2.24) is 5.32 Å². The maximum atomic E-state index is 11.9. The summed E-state index contributed by atoms with van der Waals surface area (Å²) in [5.74, 6) is 0. The highest BCUT2D eigenvalue weighted by atomic mass is 35.5. The molecule has 0 fully saturated rings. The summed E-state index contributed by atoms with van der Waals surface area (Å²) in [6.07, 6.45) is -2.36. The third-order valence-corrected chi connectivity index (χ3v) is 3.08. The van der Waals surface area contributed by atoms with Gasteiger partial charge in [-0.1, -0.05) is 11.6 Å². The first kappa shape index (κ1) is 11.8. The standard InChI is InChI=1S/C8H11ClF2N2S/c9-5-1-7(14-4-5)6(2-12)13-3-8(10)11/h1,4,6,8,13H,2-3,12H2. The summed E-state index contributed by atoms with van der Waals surface area (Å²) < 4.78 is 23.9. The second-order valence-electron chi connectivity index (χ2n) is 2.75. The number of hydrogen-bond donors (Lipinski definition) is 2. The van der Waals surface area contributed by atoms with E-state index < -0.39 is 6.43 Å². The van der Waals surface area contributed by atoms with Crippen LogP contribution < -0.4 is 11.1 Å². The van der Waals surface area contributed by atoms with E-state index in [0.29, 0.717) is 5.02 Å². The minimum absolute atomic E-state index is 0.235. The van der Waals surface area contributed by atoms with Crippen LogP contribution in [0, 0.1) is 0 Å². The van der Waals surface area contributed by atoms with Gasteiger partial charge in [-0.05, 0) is 6.07 Å². The highest BCUT2D eigenvalue weighted by Crippen LogP contribution is 2.24. The van der Waals surface area contributed by atoms with E-state index in [0.717, 1.165) is 4.88 Å². The van der Waals surface area contributed by atoms with Crippen molar-refractivity contribution in [2.45, 2.75) is 12.5 Å². The number of halogens is 3. The molecule has 1 aromatic heterocycles. The van der Waals surface area contributed by atoms with Crippen molar-refractivity contribution in [3.05, 3.63) is 21.3 Å². The van der Waals surface area contributed by atoms with Crippen LogP contribution in [-0.2, 0) is 0 Å². The van der Waals surface area contributed by atoms with Crippen molar-refractivity contribution in [2.24, 2.45) is 5.73 Å². The molecule has 0 aliphatic heterocycles. The number of rotatable bonds is 5. The van der Waals surface area contributed by atoms with Crippen LogP contribution in [0.5, 0.6) is 0 Å². The number of hydrogen-bond acceptors (Lipinski definition) is 3. The molecule has 1 atom stereocenters. The van der Waals surface area contributed by atoms with Crippen molar-refractivity contribution >= 4 is 22.9 Å². The SMILES string of the molecule is NCC(NCC(F)F)c1cc(Cl)cs1. The lowest BCUT2D eigenvalue weighted by atomic mass is 10.2. The second kappa shape index (κ2) is 5.60. The van der Waals surface area contributed by atoms with E-state index in [1.165, 1.54) is 11.3 Å². The maximum absolute atomic E-state index is 11.9.